The summed E-state index contributed by atoms with van der Waals surface area (Å²) in [6.45, 7) is 10.9. The van der Waals surface area contributed by atoms with Crippen molar-refractivity contribution < 1.29 is 9.13 Å². The molecule has 2 aromatic rings. The number of rotatable bonds is 11. The van der Waals surface area contributed by atoms with Gasteiger partial charge >= 0.3 is 0 Å². The van der Waals surface area contributed by atoms with E-state index < -0.39 is 0 Å². The van der Waals surface area contributed by atoms with Crippen LogP contribution in [-0.4, -0.2) is 0 Å². The first-order chi connectivity index (χ1) is 13.5. The van der Waals surface area contributed by atoms with Gasteiger partial charge in [0, 0.05) is 35.1 Å². The minimum absolute atomic E-state index is 1.12. The molecule has 0 saturated carbocycles. The number of unbranched alkanes of at least 4 members (excludes halogenated alkanes) is 4. The quantitative estimate of drug-likeness (QED) is 0.271. The van der Waals surface area contributed by atoms with E-state index in [0.29, 0.717) is 0 Å². The molecule has 0 saturated heterocycles. The van der Waals surface area contributed by atoms with Crippen LogP contribution >= 0.6 is 0 Å². The fourth-order valence-corrected chi connectivity index (χ4v) is 3.71. The Balaban J connectivity index is 1.51. The molecule has 0 bridgehead atoms. The Labute approximate surface area is 172 Å². The van der Waals surface area contributed by atoms with Gasteiger partial charge in [0.2, 0.25) is 0 Å². The second-order valence-electron chi connectivity index (χ2n) is 8.10. The molecule has 0 unspecified atom stereocenters. The van der Waals surface area contributed by atoms with Crippen LogP contribution in [0.2, 0.25) is 0 Å². The maximum atomic E-state index is 2.32. The summed E-state index contributed by atoms with van der Waals surface area (Å²) in [5, 5.41) is 0. The third kappa shape index (κ3) is 9.12. The van der Waals surface area contributed by atoms with Crippen molar-refractivity contribution in [3.63, 3.8) is 0 Å². The molecule has 0 spiro atoms. The van der Waals surface area contributed by atoms with Crippen LogP contribution in [0, 0.1) is 27.7 Å². The van der Waals surface area contributed by atoms with Gasteiger partial charge in [-0.25, -0.2) is 9.13 Å². The average molecular weight is 379 g/mol. The average Bonchev–Trinajstić information content (AvgIpc) is 2.61. The summed E-state index contributed by atoms with van der Waals surface area (Å²) in [5.41, 5.74) is 5.38. The van der Waals surface area contributed by atoms with E-state index in [1.807, 2.05) is 0 Å². The molecule has 0 aliphatic carbocycles. The van der Waals surface area contributed by atoms with Gasteiger partial charge in [-0.05, 0) is 65.5 Å². The van der Waals surface area contributed by atoms with Crippen LogP contribution in [0.15, 0.2) is 61.2 Å². The fourth-order valence-electron chi connectivity index (χ4n) is 3.71. The lowest BCUT2D eigenvalue weighted by Crippen LogP contribution is -2.33. The van der Waals surface area contributed by atoms with Crippen LogP contribution in [0.1, 0.15) is 60.8 Å². The SMILES string of the molecule is Cc1cc(C)c[n+](CCCCC=CC=CCCCC[n+]2cc(C)cc(C)c2)c1. The first-order valence-electron chi connectivity index (χ1n) is 10.8. The van der Waals surface area contributed by atoms with Gasteiger partial charge in [-0.15, -0.1) is 0 Å². The monoisotopic (exact) mass is 378 g/mol. The van der Waals surface area contributed by atoms with E-state index in [1.54, 1.807) is 0 Å². The third-order valence-corrected chi connectivity index (χ3v) is 4.85. The maximum absolute atomic E-state index is 2.32. The number of nitrogens with zero attached hydrogens (tertiary/aromatic N) is 2. The van der Waals surface area contributed by atoms with E-state index in [4.69, 9.17) is 0 Å². The normalized spacial score (nSPS) is 11.7. The predicted molar refractivity (Wildman–Crippen MR) is 118 cm³/mol. The Morgan fingerprint density at radius 2 is 0.929 bits per heavy atom. The van der Waals surface area contributed by atoms with Crippen LogP contribution in [0.3, 0.4) is 0 Å². The lowest BCUT2D eigenvalue weighted by molar-refractivity contribution is -0.698. The minimum Gasteiger partial charge on any atom is -0.205 e. The molecule has 2 heteroatoms. The van der Waals surface area contributed by atoms with Crippen molar-refractivity contribution in [2.45, 2.75) is 79.3 Å². The number of aromatic nitrogens is 2. The van der Waals surface area contributed by atoms with Crippen LogP contribution in [-0.2, 0) is 13.1 Å². The Morgan fingerprint density at radius 1 is 0.571 bits per heavy atom. The predicted octanol–water partition coefficient (Wildman–Crippen LogP) is 5.65. The topological polar surface area (TPSA) is 7.76 Å². The van der Waals surface area contributed by atoms with Crippen LogP contribution < -0.4 is 9.13 Å². The molecule has 2 nitrogen and oxygen atoms in total. The highest BCUT2D eigenvalue weighted by Crippen LogP contribution is 2.02. The van der Waals surface area contributed by atoms with Crippen molar-refractivity contribution in [3.8, 4) is 0 Å². The van der Waals surface area contributed by atoms with Gasteiger partial charge < -0.3 is 0 Å². The Hall–Kier alpha value is -2.22. The second-order valence-corrected chi connectivity index (χ2v) is 8.10. The summed E-state index contributed by atoms with van der Waals surface area (Å²) in [7, 11) is 0. The lowest BCUT2D eigenvalue weighted by atomic mass is 10.2. The zero-order valence-corrected chi connectivity index (χ0v) is 18.3. The first kappa shape index (κ1) is 22.1. The summed E-state index contributed by atoms with van der Waals surface area (Å²) in [4.78, 5) is 0. The number of aryl methyl sites for hydroxylation is 6. The van der Waals surface area contributed by atoms with E-state index in [-0.39, 0.29) is 0 Å². The molecule has 0 N–H and O–H groups in total. The second kappa shape index (κ2) is 12.3. The molecule has 2 aromatic heterocycles. The molecule has 2 rings (SSSR count). The van der Waals surface area contributed by atoms with Crippen LogP contribution in [0.4, 0.5) is 0 Å². The zero-order chi connectivity index (χ0) is 20.2. The number of pyridine rings is 2. The van der Waals surface area contributed by atoms with Gasteiger partial charge in [0.15, 0.2) is 24.8 Å². The van der Waals surface area contributed by atoms with Crippen molar-refractivity contribution in [1.82, 2.24) is 0 Å². The summed E-state index contributed by atoms with van der Waals surface area (Å²) in [5.74, 6) is 0. The molecular weight excluding hydrogens is 340 g/mol. The Kier molecular flexibility index (Phi) is 9.68. The molecule has 0 aliphatic heterocycles. The van der Waals surface area contributed by atoms with Crippen molar-refractivity contribution in [3.05, 3.63) is 83.5 Å². The van der Waals surface area contributed by atoms with E-state index in [9.17, 15) is 0 Å². The number of hydrogen-bond acceptors (Lipinski definition) is 0. The standard InChI is InChI=1S/C26H38N2/c1-23-17-24(2)20-27(19-23)15-13-11-9-7-5-6-8-10-12-14-16-28-21-25(3)18-26(4)22-28/h5-8,17-22H,9-16H2,1-4H3/q+2. The van der Waals surface area contributed by atoms with Crippen molar-refractivity contribution >= 4 is 0 Å². The fraction of sp³-hybridized carbons (Fsp3) is 0.462. The maximum Gasteiger partial charge on any atom is 0.171 e. The zero-order valence-electron chi connectivity index (χ0n) is 18.3. The number of hydrogen-bond donors (Lipinski definition) is 0. The van der Waals surface area contributed by atoms with Gasteiger partial charge in [-0.2, -0.15) is 0 Å². The molecule has 150 valence electrons. The summed E-state index contributed by atoms with van der Waals surface area (Å²) in [6, 6.07) is 4.46. The molecule has 28 heavy (non-hydrogen) atoms. The van der Waals surface area contributed by atoms with Crippen molar-refractivity contribution in [2.75, 3.05) is 0 Å². The summed E-state index contributed by atoms with van der Waals surface area (Å²) < 4.78 is 4.65. The van der Waals surface area contributed by atoms with Gasteiger partial charge in [-0.1, -0.05) is 24.3 Å². The molecule has 2 heterocycles. The van der Waals surface area contributed by atoms with Gasteiger partial charge in [0.05, 0.1) is 0 Å². The Bertz CT molecular complexity index is 679. The molecule has 0 aromatic carbocycles. The first-order valence-corrected chi connectivity index (χ1v) is 10.8. The largest absolute Gasteiger partial charge is 0.205 e. The third-order valence-electron chi connectivity index (χ3n) is 4.85. The van der Waals surface area contributed by atoms with Gasteiger partial charge in [0.1, 0.15) is 13.1 Å². The molecular formula is C26H38N2+2. The summed E-state index contributed by atoms with van der Waals surface area (Å²) >= 11 is 0. The highest BCUT2D eigenvalue weighted by atomic mass is 14.9. The summed E-state index contributed by atoms with van der Waals surface area (Å²) in [6.07, 6.45) is 25.3. The molecule has 0 fully saturated rings. The van der Waals surface area contributed by atoms with Gasteiger partial charge in [0.25, 0.3) is 0 Å². The van der Waals surface area contributed by atoms with Crippen molar-refractivity contribution in [1.29, 1.82) is 0 Å². The van der Waals surface area contributed by atoms with Gasteiger partial charge in [-0.3, -0.25) is 0 Å². The van der Waals surface area contributed by atoms with Crippen LogP contribution in [0.5, 0.6) is 0 Å². The highest BCUT2D eigenvalue weighted by molar-refractivity contribution is 5.12. The molecule has 0 radical (unpaired) electrons. The lowest BCUT2D eigenvalue weighted by Gasteiger charge is -1.99. The van der Waals surface area contributed by atoms with E-state index in [1.165, 1.54) is 60.8 Å². The molecule has 0 amide bonds. The van der Waals surface area contributed by atoms with Crippen LogP contribution in [0.25, 0.3) is 0 Å². The number of allylic oxidation sites excluding steroid dienone is 4. The molecule has 0 aliphatic rings. The smallest absolute Gasteiger partial charge is 0.171 e. The van der Waals surface area contributed by atoms with Crippen molar-refractivity contribution in [2.24, 2.45) is 0 Å². The van der Waals surface area contributed by atoms with E-state index in [2.05, 4.69) is 98.1 Å². The van der Waals surface area contributed by atoms with E-state index in [0.717, 1.165) is 13.1 Å². The Morgan fingerprint density at radius 3 is 1.29 bits per heavy atom. The van der Waals surface area contributed by atoms with E-state index >= 15 is 0 Å². The highest BCUT2D eigenvalue weighted by Gasteiger charge is 2.03. The minimum atomic E-state index is 1.12. The molecule has 0 atom stereocenters.